The van der Waals surface area contributed by atoms with E-state index < -0.39 is 0 Å². The van der Waals surface area contributed by atoms with E-state index in [1.54, 1.807) is 19.5 Å². The van der Waals surface area contributed by atoms with Crippen molar-refractivity contribution in [3.05, 3.63) is 41.2 Å². The lowest BCUT2D eigenvalue weighted by molar-refractivity contribution is 0.185. The molecule has 6 heteroatoms. The maximum absolute atomic E-state index is 10.4. The van der Waals surface area contributed by atoms with E-state index in [1.165, 1.54) is 11.3 Å². The van der Waals surface area contributed by atoms with Crippen molar-refractivity contribution >= 4 is 11.3 Å². The van der Waals surface area contributed by atoms with E-state index in [9.17, 15) is 5.21 Å². The molecule has 0 saturated carbocycles. The number of hydrogen-bond acceptors (Lipinski definition) is 5. The van der Waals surface area contributed by atoms with Crippen molar-refractivity contribution in [2.75, 3.05) is 7.11 Å². The van der Waals surface area contributed by atoms with Gasteiger partial charge in [0.25, 0.3) is 0 Å². The predicted molar refractivity (Wildman–Crippen MR) is 82.0 cm³/mol. The number of aromatic nitrogens is 3. The van der Waals surface area contributed by atoms with Crippen molar-refractivity contribution in [3.63, 3.8) is 0 Å². The minimum Gasteiger partial charge on any atom is -0.495 e. The van der Waals surface area contributed by atoms with E-state index >= 15 is 0 Å². The van der Waals surface area contributed by atoms with Gasteiger partial charge in [0.2, 0.25) is 0 Å². The van der Waals surface area contributed by atoms with Crippen molar-refractivity contribution in [1.82, 2.24) is 14.7 Å². The first-order valence-electron chi connectivity index (χ1n) is 6.45. The molecule has 3 aromatic rings. The number of rotatable bonds is 3. The predicted octanol–water partition coefficient (Wildman–Crippen LogP) is 3.54. The Morgan fingerprint density at radius 2 is 1.95 bits per heavy atom. The molecule has 108 valence electrons. The molecule has 0 unspecified atom stereocenters. The maximum atomic E-state index is 10.4. The summed E-state index contributed by atoms with van der Waals surface area (Å²) in [6, 6.07) is 3.74. The molecule has 21 heavy (non-hydrogen) atoms. The molecule has 3 rings (SSSR count). The Morgan fingerprint density at radius 3 is 2.62 bits per heavy atom. The van der Waals surface area contributed by atoms with Gasteiger partial charge in [0.05, 0.1) is 18.5 Å². The fraction of sp³-hybridized carbons (Fsp3) is 0.200. The molecule has 0 bridgehead atoms. The van der Waals surface area contributed by atoms with Gasteiger partial charge in [0.1, 0.15) is 10.6 Å². The maximum Gasteiger partial charge on any atom is 0.190 e. The Hall–Kier alpha value is -2.34. The SMILES string of the molecule is COc1c(C)csc1-c1nc(-c2ccncc2)c(C)n1O. The summed E-state index contributed by atoms with van der Waals surface area (Å²) >= 11 is 1.50. The minimum atomic E-state index is 0.495. The molecular weight excluding hydrogens is 286 g/mol. The van der Waals surface area contributed by atoms with Crippen LogP contribution in [0.4, 0.5) is 0 Å². The summed E-state index contributed by atoms with van der Waals surface area (Å²) in [7, 11) is 1.62. The van der Waals surface area contributed by atoms with Crippen LogP contribution in [0, 0.1) is 13.8 Å². The lowest BCUT2D eigenvalue weighted by atomic mass is 10.2. The van der Waals surface area contributed by atoms with Crippen LogP contribution in [0.1, 0.15) is 11.3 Å². The molecular formula is C15H15N3O2S. The first-order chi connectivity index (χ1) is 10.1. The van der Waals surface area contributed by atoms with Crippen LogP contribution in [-0.2, 0) is 0 Å². The molecule has 0 saturated heterocycles. The smallest absolute Gasteiger partial charge is 0.190 e. The van der Waals surface area contributed by atoms with Gasteiger partial charge in [-0.2, -0.15) is 4.73 Å². The van der Waals surface area contributed by atoms with E-state index in [4.69, 9.17) is 4.74 Å². The standard InChI is InChI=1S/C15H15N3O2S/c1-9-8-21-14(13(9)20-3)15-17-12(10(2)18(15)19)11-4-6-16-7-5-11/h4-8,19H,1-3H3. The summed E-state index contributed by atoms with van der Waals surface area (Å²) in [6.07, 6.45) is 3.42. The highest BCUT2D eigenvalue weighted by Crippen LogP contribution is 2.39. The second-order valence-electron chi connectivity index (χ2n) is 4.70. The highest BCUT2D eigenvalue weighted by molar-refractivity contribution is 7.14. The number of thiophene rings is 1. The molecule has 0 radical (unpaired) electrons. The van der Waals surface area contributed by atoms with Crippen molar-refractivity contribution in [3.8, 4) is 27.7 Å². The molecule has 0 spiro atoms. The van der Waals surface area contributed by atoms with Crippen molar-refractivity contribution in [2.24, 2.45) is 0 Å². The fourth-order valence-corrected chi connectivity index (χ4v) is 3.26. The van der Waals surface area contributed by atoms with E-state index in [1.807, 2.05) is 31.4 Å². The lowest BCUT2D eigenvalue weighted by Crippen LogP contribution is -1.96. The molecule has 3 aromatic heterocycles. The Bertz CT molecular complexity index is 778. The summed E-state index contributed by atoms with van der Waals surface area (Å²) in [6.45, 7) is 3.80. The van der Waals surface area contributed by atoms with Gasteiger partial charge >= 0.3 is 0 Å². The molecule has 0 amide bonds. The number of pyridine rings is 1. The number of imidazole rings is 1. The van der Waals surface area contributed by atoms with E-state index in [0.29, 0.717) is 11.5 Å². The molecule has 0 atom stereocenters. The van der Waals surface area contributed by atoms with Crippen LogP contribution in [0.3, 0.4) is 0 Å². The summed E-state index contributed by atoms with van der Waals surface area (Å²) in [4.78, 5) is 9.41. The molecule has 0 aliphatic heterocycles. The number of nitrogens with zero attached hydrogens (tertiary/aromatic N) is 3. The van der Waals surface area contributed by atoms with Gasteiger partial charge in [-0.15, -0.1) is 11.3 Å². The Labute approximate surface area is 126 Å². The number of ether oxygens (including phenoxy) is 1. The van der Waals surface area contributed by atoms with Gasteiger partial charge in [-0.05, 0) is 31.4 Å². The molecule has 0 aliphatic rings. The van der Waals surface area contributed by atoms with Gasteiger partial charge in [-0.1, -0.05) is 0 Å². The minimum absolute atomic E-state index is 0.495. The second kappa shape index (κ2) is 5.21. The third kappa shape index (κ3) is 2.17. The number of hydrogen-bond donors (Lipinski definition) is 1. The molecule has 0 aromatic carbocycles. The van der Waals surface area contributed by atoms with Crippen LogP contribution in [-0.4, -0.2) is 27.0 Å². The highest BCUT2D eigenvalue weighted by atomic mass is 32.1. The van der Waals surface area contributed by atoms with Crippen LogP contribution in [0.2, 0.25) is 0 Å². The topological polar surface area (TPSA) is 60.2 Å². The fourth-order valence-electron chi connectivity index (χ4n) is 2.26. The van der Waals surface area contributed by atoms with Gasteiger partial charge in [-0.3, -0.25) is 4.98 Å². The summed E-state index contributed by atoms with van der Waals surface area (Å²) in [5.41, 5.74) is 3.37. The number of methoxy groups -OCH3 is 1. The Morgan fingerprint density at radius 1 is 1.24 bits per heavy atom. The van der Waals surface area contributed by atoms with Gasteiger partial charge in [0, 0.05) is 23.5 Å². The third-order valence-electron chi connectivity index (χ3n) is 3.36. The Kier molecular flexibility index (Phi) is 3.39. The van der Waals surface area contributed by atoms with Crippen molar-refractivity contribution < 1.29 is 9.94 Å². The van der Waals surface area contributed by atoms with E-state index in [-0.39, 0.29) is 0 Å². The van der Waals surface area contributed by atoms with Crippen LogP contribution < -0.4 is 4.74 Å². The van der Waals surface area contributed by atoms with Crippen molar-refractivity contribution in [1.29, 1.82) is 0 Å². The van der Waals surface area contributed by atoms with E-state index in [0.717, 1.165) is 32.2 Å². The molecule has 0 fully saturated rings. The van der Waals surface area contributed by atoms with Gasteiger partial charge in [-0.25, -0.2) is 4.98 Å². The van der Waals surface area contributed by atoms with Gasteiger partial charge < -0.3 is 9.94 Å². The molecule has 3 heterocycles. The molecule has 0 aliphatic carbocycles. The third-order valence-corrected chi connectivity index (χ3v) is 4.43. The average molecular weight is 301 g/mol. The summed E-state index contributed by atoms with van der Waals surface area (Å²) in [5.74, 6) is 1.25. The van der Waals surface area contributed by atoms with Crippen molar-refractivity contribution in [2.45, 2.75) is 13.8 Å². The zero-order valence-electron chi connectivity index (χ0n) is 12.0. The summed E-state index contributed by atoms with van der Waals surface area (Å²) in [5, 5.41) is 12.3. The number of aryl methyl sites for hydroxylation is 1. The largest absolute Gasteiger partial charge is 0.495 e. The normalized spacial score (nSPS) is 10.8. The van der Waals surface area contributed by atoms with Crippen LogP contribution in [0.25, 0.3) is 22.0 Å². The molecule has 5 nitrogen and oxygen atoms in total. The van der Waals surface area contributed by atoms with E-state index in [2.05, 4.69) is 9.97 Å². The average Bonchev–Trinajstić information content (AvgIpc) is 3.01. The lowest BCUT2D eigenvalue weighted by Gasteiger charge is -2.03. The second-order valence-corrected chi connectivity index (χ2v) is 5.58. The Balaban J connectivity index is 2.17. The first-order valence-corrected chi connectivity index (χ1v) is 7.33. The van der Waals surface area contributed by atoms with Crippen LogP contribution in [0.5, 0.6) is 5.75 Å². The van der Waals surface area contributed by atoms with Crippen LogP contribution in [0.15, 0.2) is 29.9 Å². The zero-order chi connectivity index (χ0) is 15.0. The van der Waals surface area contributed by atoms with Crippen LogP contribution >= 0.6 is 11.3 Å². The zero-order valence-corrected chi connectivity index (χ0v) is 12.8. The molecule has 1 N–H and O–H groups in total. The monoisotopic (exact) mass is 301 g/mol. The van der Waals surface area contributed by atoms with Gasteiger partial charge in [0.15, 0.2) is 5.82 Å². The highest BCUT2D eigenvalue weighted by Gasteiger charge is 2.21. The first kappa shape index (κ1) is 13.6. The summed E-state index contributed by atoms with van der Waals surface area (Å²) < 4.78 is 6.53. The quantitative estimate of drug-likeness (QED) is 0.752.